The van der Waals surface area contributed by atoms with Crippen molar-refractivity contribution in [3.8, 4) is 0 Å². The molecule has 0 bridgehead atoms. The van der Waals surface area contributed by atoms with Crippen molar-refractivity contribution in [2.24, 2.45) is 11.8 Å². The van der Waals surface area contributed by atoms with Gasteiger partial charge < -0.3 is 10.2 Å². The van der Waals surface area contributed by atoms with E-state index in [2.05, 4.69) is 42.8 Å². The average Bonchev–Trinajstić information content (AvgIpc) is 2.25. The highest BCUT2D eigenvalue weighted by Crippen LogP contribution is 2.21. The predicted octanol–water partition coefficient (Wildman–Crippen LogP) is 1.17. The summed E-state index contributed by atoms with van der Waals surface area (Å²) in [5.41, 5.74) is 0. The minimum Gasteiger partial charge on any atom is -0.341 e. The van der Waals surface area contributed by atoms with Gasteiger partial charge in [0.2, 0.25) is 5.91 Å². The maximum absolute atomic E-state index is 12.4. The first-order chi connectivity index (χ1) is 8.94. The molecule has 19 heavy (non-hydrogen) atoms. The second-order valence-electron chi connectivity index (χ2n) is 6.91. The summed E-state index contributed by atoms with van der Waals surface area (Å²) in [4.78, 5) is 16.8. The van der Waals surface area contributed by atoms with E-state index < -0.39 is 0 Å². The molecule has 0 aromatic rings. The number of amides is 1. The van der Waals surface area contributed by atoms with E-state index in [-0.39, 0.29) is 0 Å². The summed E-state index contributed by atoms with van der Waals surface area (Å²) < 4.78 is 0. The zero-order chi connectivity index (χ0) is 14.0. The zero-order valence-electron chi connectivity index (χ0n) is 12.9. The molecule has 0 aromatic heterocycles. The van der Waals surface area contributed by atoms with E-state index in [1.54, 1.807) is 0 Å². The highest BCUT2D eigenvalue weighted by molar-refractivity contribution is 5.78. The van der Waals surface area contributed by atoms with Crippen molar-refractivity contribution in [3.05, 3.63) is 0 Å². The van der Waals surface area contributed by atoms with Crippen LogP contribution in [0.15, 0.2) is 0 Å². The van der Waals surface area contributed by atoms with Gasteiger partial charge in [-0.25, -0.2) is 0 Å². The summed E-state index contributed by atoms with van der Waals surface area (Å²) >= 11 is 0. The highest BCUT2D eigenvalue weighted by Gasteiger charge is 2.28. The SMILES string of the molecule is CC1CC(C)CN(C(=O)CN2CC(C)NC(C)C2)C1. The van der Waals surface area contributed by atoms with Crippen LogP contribution in [0.3, 0.4) is 0 Å². The van der Waals surface area contributed by atoms with Crippen LogP contribution in [-0.4, -0.2) is 60.5 Å². The molecule has 4 heteroatoms. The summed E-state index contributed by atoms with van der Waals surface area (Å²) in [6.07, 6.45) is 1.26. The standard InChI is InChI=1S/C15H29N3O/c1-11-5-12(2)7-18(6-11)15(19)10-17-8-13(3)16-14(4)9-17/h11-14,16H,5-10H2,1-4H3. The first-order valence-electron chi connectivity index (χ1n) is 7.70. The fourth-order valence-electron chi connectivity index (χ4n) is 3.73. The fraction of sp³-hybridized carbons (Fsp3) is 0.933. The molecule has 4 nitrogen and oxygen atoms in total. The molecule has 2 fully saturated rings. The molecule has 1 amide bonds. The molecule has 0 spiro atoms. The minimum atomic E-state index is 0.319. The van der Waals surface area contributed by atoms with Gasteiger partial charge in [-0.2, -0.15) is 0 Å². The summed E-state index contributed by atoms with van der Waals surface area (Å²) in [6, 6.07) is 0.964. The van der Waals surface area contributed by atoms with Gasteiger partial charge in [0.1, 0.15) is 0 Å². The lowest BCUT2D eigenvalue weighted by Gasteiger charge is -2.39. The molecule has 0 radical (unpaired) electrons. The molecule has 4 atom stereocenters. The van der Waals surface area contributed by atoms with E-state index in [0.717, 1.165) is 26.2 Å². The van der Waals surface area contributed by atoms with Crippen LogP contribution in [0, 0.1) is 11.8 Å². The van der Waals surface area contributed by atoms with Gasteiger partial charge >= 0.3 is 0 Å². The van der Waals surface area contributed by atoms with E-state index >= 15 is 0 Å². The van der Waals surface area contributed by atoms with Gasteiger partial charge in [-0.05, 0) is 32.1 Å². The van der Waals surface area contributed by atoms with E-state index in [1.807, 2.05) is 0 Å². The van der Waals surface area contributed by atoms with Crippen molar-refractivity contribution in [2.45, 2.75) is 46.2 Å². The molecule has 2 heterocycles. The third kappa shape index (κ3) is 4.18. The van der Waals surface area contributed by atoms with Crippen LogP contribution < -0.4 is 5.32 Å². The molecule has 2 aliphatic rings. The molecule has 0 aromatic carbocycles. The Bertz CT molecular complexity index is 301. The topological polar surface area (TPSA) is 35.6 Å². The van der Waals surface area contributed by atoms with E-state index in [9.17, 15) is 4.79 Å². The minimum absolute atomic E-state index is 0.319. The molecule has 1 N–H and O–H groups in total. The second kappa shape index (κ2) is 6.23. The monoisotopic (exact) mass is 267 g/mol. The number of likely N-dealkylation sites (tertiary alicyclic amines) is 1. The molecular weight excluding hydrogens is 238 g/mol. The van der Waals surface area contributed by atoms with Crippen LogP contribution in [0.2, 0.25) is 0 Å². The van der Waals surface area contributed by atoms with Crippen LogP contribution in [0.25, 0.3) is 0 Å². The molecule has 2 aliphatic heterocycles. The number of nitrogens with zero attached hydrogens (tertiary/aromatic N) is 2. The Kier molecular flexibility index (Phi) is 4.85. The summed E-state index contributed by atoms with van der Waals surface area (Å²) in [5.74, 6) is 1.61. The number of carbonyl (C=O) groups excluding carboxylic acids is 1. The van der Waals surface area contributed by atoms with Crippen molar-refractivity contribution in [1.29, 1.82) is 0 Å². The summed E-state index contributed by atoms with van der Waals surface area (Å²) in [5, 5.41) is 3.51. The quantitative estimate of drug-likeness (QED) is 0.816. The molecule has 0 aliphatic carbocycles. The molecule has 0 saturated carbocycles. The number of piperidine rings is 1. The fourth-order valence-corrected chi connectivity index (χ4v) is 3.73. The Morgan fingerprint density at radius 2 is 1.53 bits per heavy atom. The normalized spacial score (nSPS) is 37.4. The number of piperazine rings is 1. The molecule has 4 unspecified atom stereocenters. The molecule has 2 saturated heterocycles. The van der Waals surface area contributed by atoms with Crippen LogP contribution in [-0.2, 0) is 4.79 Å². The van der Waals surface area contributed by atoms with Crippen molar-refractivity contribution in [2.75, 3.05) is 32.7 Å². The molecule has 110 valence electrons. The molecular formula is C15H29N3O. The lowest BCUT2D eigenvalue weighted by molar-refractivity contribution is -0.135. The van der Waals surface area contributed by atoms with Crippen LogP contribution in [0.4, 0.5) is 0 Å². The lowest BCUT2D eigenvalue weighted by atomic mass is 9.92. The van der Waals surface area contributed by atoms with E-state index in [1.165, 1.54) is 6.42 Å². The van der Waals surface area contributed by atoms with Crippen LogP contribution in [0.1, 0.15) is 34.1 Å². The maximum Gasteiger partial charge on any atom is 0.236 e. The largest absolute Gasteiger partial charge is 0.341 e. The first kappa shape index (κ1) is 14.8. The zero-order valence-corrected chi connectivity index (χ0v) is 12.9. The van der Waals surface area contributed by atoms with E-state index in [0.29, 0.717) is 36.4 Å². The van der Waals surface area contributed by atoms with Gasteiger partial charge in [0.15, 0.2) is 0 Å². The van der Waals surface area contributed by atoms with Gasteiger partial charge in [-0.3, -0.25) is 9.69 Å². The van der Waals surface area contributed by atoms with Gasteiger partial charge in [-0.15, -0.1) is 0 Å². The van der Waals surface area contributed by atoms with Gasteiger partial charge in [0.25, 0.3) is 0 Å². The first-order valence-corrected chi connectivity index (χ1v) is 7.70. The number of hydrogen-bond acceptors (Lipinski definition) is 3. The van der Waals surface area contributed by atoms with E-state index in [4.69, 9.17) is 0 Å². The predicted molar refractivity (Wildman–Crippen MR) is 78.0 cm³/mol. The van der Waals surface area contributed by atoms with Crippen molar-refractivity contribution >= 4 is 5.91 Å². The molecule has 2 rings (SSSR count). The number of hydrogen-bond donors (Lipinski definition) is 1. The highest BCUT2D eigenvalue weighted by atomic mass is 16.2. The summed E-state index contributed by atoms with van der Waals surface area (Å²) in [7, 11) is 0. The number of carbonyl (C=O) groups is 1. The maximum atomic E-state index is 12.4. The second-order valence-corrected chi connectivity index (χ2v) is 6.91. The van der Waals surface area contributed by atoms with Crippen molar-refractivity contribution < 1.29 is 4.79 Å². The average molecular weight is 267 g/mol. The summed E-state index contributed by atoms with van der Waals surface area (Å²) in [6.45, 7) is 13.3. The van der Waals surface area contributed by atoms with Crippen molar-refractivity contribution in [1.82, 2.24) is 15.1 Å². The Labute approximate surface area is 117 Å². The Morgan fingerprint density at radius 1 is 1.00 bits per heavy atom. The third-order valence-corrected chi connectivity index (χ3v) is 4.21. The third-order valence-electron chi connectivity index (χ3n) is 4.21. The van der Waals surface area contributed by atoms with Gasteiger partial charge in [0, 0.05) is 38.3 Å². The van der Waals surface area contributed by atoms with Crippen LogP contribution >= 0.6 is 0 Å². The number of rotatable bonds is 2. The van der Waals surface area contributed by atoms with Crippen molar-refractivity contribution in [3.63, 3.8) is 0 Å². The Morgan fingerprint density at radius 3 is 2.05 bits per heavy atom. The van der Waals surface area contributed by atoms with Crippen LogP contribution in [0.5, 0.6) is 0 Å². The smallest absolute Gasteiger partial charge is 0.236 e. The lowest BCUT2D eigenvalue weighted by Crippen LogP contribution is -2.57. The number of nitrogens with one attached hydrogen (secondary N) is 1. The van der Waals surface area contributed by atoms with Gasteiger partial charge in [-0.1, -0.05) is 13.8 Å². The Hall–Kier alpha value is -0.610. The van der Waals surface area contributed by atoms with Gasteiger partial charge in [0.05, 0.1) is 6.54 Å². The Balaban J connectivity index is 1.86.